The molecule has 0 atom stereocenters. The van der Waals surface area contributed by atoms with Crippen molar-refractivity contribution < 1.29 is 13.2 Å². The van der Waals surface area contributed by atoms with Gasteiger partial charge in [0.1, 0.15) is 0 Å². The highest BCUT2D eigenvalue weighted by Crippen LogP contribution is 2.21. The van der Waals surface area contributed by atoms with E-state index < -0.39 is 10.0 Å². The molecule has 2 aliphatic heterocycles. The third-order valence-electron chi connectivity index (χ3n) is 6.27. The fourth-order valence-corrected chi connectivity index (χ4v) is 5.82. The number of nitrogens with one attached hydrogen (secondary N) is 1. The molecule has 2 aliphatic rings. The summed E-state index contributed by atoms with van der Waals surface area (Å²) in [7, 11) is -3.33. The molecule has 0 saturated carbocycles. The smallest absolute Gasteiger partial charge is 0.223 e. The van der Waals surface area contributed by atoms with Gasteiger partial charge in [-0.2, -0.15) is 0 Å². The number of likely N-dealkylation sites (N-methyl/N-ethyl adjacent to an activating group) is 1. The number of benzene rings is 1. The summed E-state index contributed by atoms with van der Waals surface area (Å²) in [6.07, 6.45) is 2.15. The van der Waals surface area contributed by atoms with Crippen molar-refractivity contribution in [2.24, 2.45) is 5.92 Å². The van der Waals surface area contributed by atoms with Gasteiger partial charge in [0.2, 0.25) is 15.9 Å². The highest BCUT2D eigenvalue weighted by atomic mass is 32.2. The molecule has 0 unspecified atom stereocenters. The predicted molar refractivity (Wildman–Crippen MR) is 120 cm³/mol. The largest absolute Gasteiger partial charge is 0.356 e. The van der Waals surface area contributed by atoms with Gasteiger partial charge in [0.25, 0.3) is 0 Å². The molecule has 30 heavy (non-hydrogen) atoms. The van der Waals surface area contributed by atoms with Crippen LogP contribution in [0.5, 0.6) is 0 Å². The van der Waals surface area contributed by atoms with Crippen LogP contribution in [0.15, 0.2) is 30.3 Å². The van der Waals surface area contributed by atoms with Crippen molar-refractivity contribution >= 4 is 15.9 Å². The number of carbonyl (C=O) groups excluding carboxylic acids is 1. The van der Waals surface area contributed by atoms with Crippen molar-refractivity contribution in [3.05, 3.63) is 35.9 Å². The number of sulfonamides is 1. The lowest BCUT2D eigenvalue weighted by atomic mass is 9.97. The molecule has 0 aromatic heterocycles. The Bertz CT molecular complexity index is 756. The van der Waals surface area contributed by atoms with Gasteiger partial charge in [-0.3, -0.25) is 4.79 Å². The number of carbonyl (C=O) groups is 1. The van der Waals surface area contributed by atoms with E-state index in [0.717, 1.165) is 51.3 Å². The minimum Gasteiger partial charge on any atom is -0.356 e. The first kappa shape index (κ1) is 23.2. The molecule has 1 aromatic carbocycles. The van der Waals surface area contributed by atoms with Gasteiger partial charge in [-0.1, -0.05) is 37.3 Å². The molecule has 3 rings (SSSR count). The standard InChI is InChI=1S/C22H36N4O3S/c1-2-24-15-17-25(18-16-24)12-6-11-23-22(27)21-9-13-26(14-10-21)30(28,29)19-20-7-4-3-5-8-20/h3-5,7-8,21H,2,6,9-19H2,1H3,(H,23,27). The van der Waals surface area contributed by atoms with Gasteiger partial charge in [0.15, 0.2) is 0 Å². The van der Waals surface area contributed by atoms with Crippen molar-refractivity contribution in [3.63, 3.8) is 0 Å². The lowest BCUT2D eigenvalue weighted by Gasteiger charge is -2.34. The zero-order chi connectivity index (χ0) is 21.4. The summed E-state index contributed by atoms with van der Waals surface area (Å²) < 4.78 is 26.8. The van der Waals surface area contributed by atoms with E-state index in [9.17, 15) is 13.2 Å². The van der Waals surface area contributed by atoms with E-state index in [2.05, 4.69) is 22.0 Å². The molecule has 0 radical (unpaired) electrons. The molecule has 2 heterocycles. The second kappa shape index (κ2) is 11.2. The second-order valence-electron chi connectivity index (χ2n) is 8.34. The maximum absolute atomic E-state index is 12.7. The average Bonchev–Trinajstić information content (AvgIpc) is 2.77. The topological polar surface area (TPSA) is 73.0 Å². The van der Waals surface area contributed by atoms with Crippen LogP contribution in [-0.2, 0) is 20.6 Å². The van der Waals surface area contributed by atoms with E-state index in [0.29, 0.717) is 32.5 Å². The highest BCUT2D eigenvalue weighted by molar-refractivity contribution is 7.88. The molecule has 2 saturated heterocycles. The Labute approximate surface area is 181 Å². The zero-order valence-corrected chi connectivity index (χ0v) is 18.9. The summed E-state index contributed by atoms with van der Waals surface area (Å²) in [5, 5.41) is 3.06. The van der Waals surface area contributed by atoms with Crippen molar-refractivity contribution in [2.75, 3.05) is 58.9 Å². The average molecular weight is 437 g/mol. The molecule has 2 fully saturated rings. The summed E-state index contributed by atoms with van der Waals surface area (Å²) in [5.41, 5.74) is 0.800. The molecular formula is C22H36N4O3S. The number of amides is 1. The molecule has 8 heteroatoms. The minimum absolute atomic E-state index is 0.0250. The molecule has 7 nitrogen and oxygen atoms in total. The Hall–Kier alpha value is -1.48. The zero-order valence-electron chi connectivity index (χ0n) is 18.1. The molecule has 0 bridgehead atoms. The summed E-state index contributed by atoms with van der Waals surface area (Å²) in [4.78, 5) is 17.4. The van der Waals surface area contributed by atoms with Crippen LogP contribution >= 0.6 is 0 Å². The van der Waals surface area contributed by atoms with E-state index in [1.165, 1.54) is 0 Å². The van der Waals surface area contributed by atoms with Crippen LogP contribution in [0, 0.1) is 5.92 Å². The van der Waals surface area contributed by atoms with Crippen molar-refractivity contribution in [3.8, 4) is 0 Å². The van der Waals surface area contributed by atoms with Crippen LogP contribution in [0.1, 0.15) is 31.7 Å². The van der Waals surface area contributed by atoms with Gasteiger partial charge in [0, 0.05) is 51.7 Å². The maximum atomic E-state index is 12.7. The van der Waals surface area contributed by atoms with E-state index in [1.54, 1.807) is 4.31 Å². The predicted octanol–water partition coefficient (Wildman–Crippen LogP) is 1.37. The second-order valence-corrected chi connectivity index (χ2v) is 10.3. The van der Waals surface area contributed by atoms with Gasteiger partial charge in [-0.25, -0.2) is 12.7 Å². The van der Waals surface area contributed by atoms with Gasteiger partial charge in [-0.05, 0) is 37.9 Å². The third-order valence-corrected chi connectivity index (χ3v) is 8.12. The van der Waals surface area contributed by atoms with E-state index in [-0.39, 0.29) is 17.6 Å². The molecule has 168 valence electrons. The Morgan fingerprint density at radius 3 is 2.27 bits per heavy atom. The van der Waals surface area contributed by atoms with E-state index in [1.807, 2.05) is 30.3 Å². The van der Waals surface area contributed by atoms with Crippen LogP contribution in [0.3, 0.4) is 0 Å². The van der Waals surface area contributed by atoms with Crippen LogP contribution in [-0.4, -0.2) is 87.3 Å². The van der Waals surface area contributed by atoms with Crippen LogP contribution in [0.25, 0.3) is 0 Å². The van der Waals surface area contributed by atoms with Crippen molar-refractivity contribution in [2.45, 2.75) is 31.9 Å². The Kier molecular flexibility index (Phi) is 8.68. The molecule has 1 N–H and O–H groups in total. The molecule has 0 spiro atoms. The monoisotopic (exact) mass is 436 g/mol. The number of hydrogen-bond acceptors (Lipinski definition) is 5. The molecule has 0 aliphatic carbocycles. The Balaban J connectivity index is 1.33. The SMILES string of the molecule is CCN1CCN(CCCNC(=O)C2CCN(S(=O)(=O)Cc3ccccc3)CC2)CC1. The number of nitrogens with zero attached hydrogens (tertiary/aromatic N) is 3. The van der Waals surface area contributed by atoms with Crippen LogP contribution in [0.4, 0.5) is 0 Å². The third kappa shape index (κ3) is 6.77. The highest BCUT2D eigenvalue weighted by Gasteiger charge is 2.31. The minimum atomic E-state index is -3.33. The van der Waals surface area contributed by atoms with E-state index >= 15 is 0 Å². The van der Waals surface area contributed by atoms with Crippen molar-refractivity contribution in [1.82, 2.24) is 19.4 Å². The summed E-state index contributed by atoms with van der Waals surface area (Å²) in [5.74, 6) is 0.0178. The number of piperazine rings is 1. The quantitative estimate of drug-likeness (QED) is 0.592. The molecule has 1 amide bonds. The fraction of sp³-hybridized carbons (Fsp3) is 0.682. The van der Waals surface area contributed by atoms with Gasteiger partial charge >= 0.3 is 0 Å². The first-order valence-electron chi connectivity index (χ1n) is 11.2. The summed E-state index contributed by atoms with van der Waals surface area (Å²) >= 11 is 0. The van der Waals surface area contributed by atoms with Crippen LogP contribution < -0.4 is 5.32 Å². The Morgan fingerprint density at radius 1 is 1.00 bits per heavy atom. The normalized spacial score (nSPS) is 20.3. The molecular weight excluding hydrogens is 400 g/mol. The summed E-state index contributed by atoms with van der Waals surface area (Å²) in [6.45, 7) is 10.4. The summed E-state index contributed by atoms with van der Waals surface area (Å²) in [6, 6.07) is 9.26. The first-order chi connectivity index (χ1) is 14.5. The van der Waals surface area contributed by atoms with Crippen molar-refractivity contribution in [1.29, 1.82) is 0 Å². The van der Waals surface area contributed by atoms with Gasteiger partial charge in [0.05, 0.1) is 5.75 Å². The number of piperidine rings is 1. The maximum Gasteiger partial charge on any atom is 0.223 e. The Morgan fingerprint density at radius 2 is 1.63 bits per heavy atom. The number of rotatable bonds is 9. The lowest BCUT2D eigenvalue weighted by molar-refractivity contribution is -0.126. The lowest BCUT2D eigenvalue weighted by Crippen LogP contribution is -2.47. The van der Waals surface area contributed by atoms with Crippen LogP contribution in [0.2, 0.25) is 0 Å². The van der Waals surface area contributed by atoms with Gasteiger partial charge < -0.3 is 15.1 Å². The fourth-order valence-electron chi connectivity index (χ4n) is 4.26. The van der Waals surface area contributed by atoms with E-state index in [4.69, 9.17) is 0 Å². The number of hydrogen-bond donors (Lipinski definition) is 1. The first-order valence-corrected chi connectivity index (χ1v) is 12.8. The molecule has 1 aromatic rings. The van der Waals surface area contributed by atoms with Gasteiger partial charge in [-0.15, -0.1) is 0 Å².